The highest BCUT2D eigenvalue weighted by Crippen LogP contribution is 2.30. The molecule has 6 nitrogen and oxygen atoms in total. The lowest BCUT2D eigenvalue weighted by Crippen LogP contribution is -2.32. The van der Waals surface area contributed by atoms with Gasteiger partial charge >= 0.3 is 0 Å². The SMILES string of the molecule is c1ccc(C(NCc2nnc3n2CCOCC3)C2CCOCC2)cc1. The second-order valence-corrected chi connectivity index (χ2v) is 6.77. The normalized spacial score (nSPS) is 20.0. The molecule has 2 aromatic rings. The van der Waals surface area contributed by atoms with Crippen LogP contribution in [0.5, 0.6) is 0 Å². The van der Waals surface area contributed by atoms with Gasteiger partial charge in [0.1, 0.15) is 11.6 Å². The van der Waals surface area contributed by atoms with E-state index in [4.69, 9.17) is 9.47 Å². The first-order valence-corrected chi connectivity index (χ1v) is 9.26. The Morgan fingerprint density at radius 1 is 1.04 bits per heavy atom. The molecule has 134 valence electrons. The van der Waals surface area contributed by atoms with Crippen LogP contribution in [-0.2, 0) is 29.0 Å². The number of fused-ring (bicyclic) bond motifs is 1. The van der Waals surface area contributed by atoms with Gasteiger partial charge in [0.25, 0.3) is 0 Å². The Labute approximate surface area is 148 Å². The lowest BCUT2D eigenvalue weighted by atomic mass is 9.87. The van der Waals surface area contributed by atoms with Gasteiger partial charge in [-0.3, -0.25) is 0 Å². The summed E-state index contributed by atoms with van der Waals surface area (Å²) in [7, 11) is 0. The van der Waals surface area contributed by atoms with E-state index in [1.807, 2.05) is 0 Å². The van der Waals surface area contributed by atoms with Crippen LogP contribution in [0.15, 0.2) is 30.3 Å². The van der Waals surface area contributed by atoms with Gasteiger partial charge in [0, 0.05) is 32.2 Å². The maximum atomic E-state index is 5.56. The van der Waals surface area contributed by atoms with Crippen LogP contribution < -0.4 is 5.32 Å². The zero-order valence-corrected chi connectivity index (χ0v) is 14.6. The van der Waals surface area contributed by atoms with Gasteiger partial charge in [0.05, 0.1) is 19.8 Å². The Hall–Kier alpha value is -1.76. The highest BCUT2D eigenvalue weighted by Gasteiger charge is 2.26. The molecular weight excluding hydrogens is 316 g/mol. The third-order valence-electron chi connectivity index (χ3n) is 5.21. The van der Waals surface area contributed by atoms with Crippen LogP contribution in [0.1, 0.15) is 36.1 Å². The van der Waals surface area contributed by atoms with Crippen LogP contribution in [0, 0.1) is 5.92 Å². The quantitative estimate of drug-likeness (QED) is 0.902. The molecule has 1 atom stereocenters. The molecule has 0 spiro atoms. The van der Waals surface area contributed by atoms with Gasteiger partial charge in [0.2, 0.25) is 0 Å². The molecule has 2 aliphatic rings. The van der Waals surface area contributed by atoms with Crippen molar-refractivity contribution in [2.24, 2.45) is 5.92 Å². The number of aromatic nitrogens is 3. The van der Waals surface area contributed by atoms with E-state index in [9.17, 15) is 0 Å². The fraction of sp³-hybridized carbons (Fsp3) is 0.579. The van der Waals surface area contributed by atoms with Crippen molar-refractivity contribution in [1.82, 2.24) is 20.1 Å². The summed E-state index contributed by atoms with van der Waals surface area (Å²) in [5.74, 6) is 2.64. The zero-order chi connectivity index (χ0) is 16.9. The maximum absolute atomic E-state index is 5.56. The van der Waals surface area contributed by atoms with Crippen LogP contribution >= 0.6 is 0 Å². The lowest BCUT2D eigenvalue weighted by Gasteiger charge is -2.31. The van der Waals surface area contributed by atoms with E-state index in [0.29, 0.717) is 12.0 Å². The van der Waals surface area contributed by atoms with Gasteiger partial charge < -0.3 is 19.4 Å². The monoisotopic (exact) mass is 342 g/mol. The lowest BCUT2D eigenvalue weighted by molar-refractivity contribution is 0.0531. The molecule has 1 aromatic heterocycles. The van der Waals surface area contributed by atoms with E-state index in [-0.39, 0.29) is 0 Å². The van der Waals surface area contributed by atoms with Crippen molar-refractivity contribution < 1.29 is 9.47 Å². The smallest absolute Gasteiger partial charge is 0.147 e. The summed E-state index contributed by atoms with van der Waals surface area (Å²) >= 11 is 0. The molecule has 25 heavy (non-hydrogen) atoms. The molecule has 1 fully saturated rings. The first-order valence-electron chi connectivity index (χ1n) is 9.26. The molecule has 4 rings (SSSR count). The first kappa shape index (κ1) is 16.7. The molecular formula is C19H26N4O2. The minimum absolute atomic E-state index is 0.320. The summed E-state index contributed by atoms with van der Waals surface area (Å²) in [6.45, 7) is 4.75. The van der Waals surface area contributed by atoms with E-state index in [2.05, 4.69) is 50.4 Å². The van der Waals surface area contributed by atoms with E-state index < -0.39 is 0 Å². The molecule has 0 bridgehead atoms. The van der Waals surface area contributed by atoms with Gasteiger partial charge in [-0.05, 0) is 24.3 Å². The third-order valence-corrected chi connectivity index (χ3v) is 5.21. The van der Waals surface area contributed by atoms with Crippen LogP contribution in [-0.4, -0.2) is 41.2 Å². The molecule has 0 saturated carbocycles. The second-order valence-electron chi connectivity index (χ2n) is 6.77. The summed E-state index contributed by atoms with van der Waals surface area (Å²) in [5, 5.41) is 12.5. The molecule has 2 aliphatic heterocycles. The number of nitrogens with zero attached hydrogens (tertiary/aromatic N) is 3. The average molecular weight is 342 g/mol. The van der Waals surface area contributed by atoms with Crippen LogP contribution in [0.25, 0.3) is 0 Å². The van der Waals surface area contributed by atoms with E-state index in [1.165, 1.54) is 5.56 Å². The Balaban J connectivity index is 1.50. The topological polar surface area (TPSA) is 61.2 Å². The van der Waals surface area contributed by atoms with Gasteiger partial charge in [-0.25, -0.2) is 0 Å². The van der Waals surface area contributed by atoms with Gasteiger partial charge in [0.15, 0.2) is 0 Å². The van der Waals surface area contributed by atoms with Crippen LogP contribution in [0.3, 0.4) is 0 Å². The zero-order valence-electron chi connectivity index (χ0n) is 14.6. The first-order chi connectivity index (χ1) is 12.4. The van der Waals surface area contributed by atoms with Crippen molar-refractivity contribution in [3.05, 3.63) is 47.5 Å². The van der Waals surface area contributed by atoms with Crippen molar-refractivity contribution in [2.45, 2.75) is 38.4 Å². The minimum atomic E-state index is 0.320. The second kappa shape index (κ2) is 8.08. The molecule has 3 heterocycles. The van der Waals surface area contributed by atoms with Crippen molar-refractivity contribution >= 4 is 0 Å². The van der Waals surface area contributed by atoms with Gasteiger partial charge in [-0.1, -0.05) is 30.3 Å². The van der Waals surface area contributed by atoms with Gasteiger partial charge in [-0.15, -0.1) is 10.2 Å². The summed E-state index contributed by atoms with van der Waals surface area (Å²) in [5.41, 5.74) is 1.34. The highest BCUT2D eigenvalue weighted by molar-refractivity contribution is 5.20. The third kappa shape index (κ3) is 3.92. The molecule has 1 saturated heterocycles. The van der Waals surface area contributed by atoms with E-state index >= 15 is 0 Å². The number of hydrogen-bond donors (Lipinski definition) is 1. The molecule has 0 amide bonds. The van der Waals surface area contributed by atoms with Crippen molar-refractivity contribution in [1.29, 1.82) is 0 Å². The van der Waals surface area contributed by atoms with Crippen LogP contribution in [0.4, 0.5) is 0 Å². The van der Waals surface area contributed by atoms with Crippen molar-refractivity contribution in [2.75, 3.05) is 26.4 Å². The molecule has 0 aliphatic carbocycles. The summed E-state index contributed by atoms with van der Waals surface area (Å²) in [6, 6.07) is 11.0. The Bertz CT molecular complexity index is 667. The molecule has 1 unspecified atom stereocenters. The number of nitrogens with one attached hydrogen (secondary N) is 1. The highest BCUT2D eigenvalue weighted by atomic mass is 16.5. The predicted octanol–water partition coefficient (Wildman–Crippen LogP) is 2.11. The van der Waals surface area contributed by atoms with Crippen molar-refractivity contribution in [3.8, 4) is 0 Å². The standard InChI is InChI=1S/C19H26N4O2/c1-2-4-15(5-3-1)19(16-6-10-24-11-7-16)20-14-18-22-21-17-8-12-25-13-9-23(17)18/h1-5,16,19-20H,6-14H2. The maximum Gasteiger partial charge on any atom is 0.147 e. The number of hydrogen-bond acceptors (Lipinski definition) is 5. The largest absolute Gasteiger partial charge is 0.381 e. The summed E-state index contributed by atoms with van der Waals surface area (Å²) in [4.78, 5) is 0. The molecule has 1 aromatic carbocycles. The fourth-order valence-corrected chi connectivity index (χ4v) is 3.84. The number of benzene rings is 1. The predicted molar refractivity (Wildman–Crippen MR) is 94.1 cm³/mol. The number of ether oxygens (including phenoxy) is 2. The summed E-state index contributed by atoms with van der Waals surface area (Å²) < 4.78 is 13.3. The molecule has 0 radical (unpaired) electrons. The Kier molecular flexibility index (Phi) is 5.40. The molecule has 6 heteroatoms. The minimum Gasteiger partial charge on any atom is -0.381 e. The Morgan fingerprint density at radius 3 is 2.68 bits per heavy atom. The van der Waals surface area contributed by atoms with E-state index in [1.54, 1.807) is 0 Å². The summed E-state index contributed by atoms with van der Waals surface area (Å²) in [6.07, 6.45) is 3.03. The van der Waals surface area contributed by atoms with E-state index in [0.717, 1.165) is 70.4 Å². The van der Waals surface area contributed by atoms with Gasteiger partial charge in [-0.2, -0.15) is 0 Å². The molecule has 1 N–H and O–H groups in total. The average Bonchev–Trinajstić information content (AvgIpc) is 2.90. The fourth-order valence-electron chi connectivity index (χ4n) is 3.84. The Morgan fingerprint density at radius 2 is 1.84 bits per heavy atom. The van der Waals surface area contributed by atoms with Crippen molar-refractivity contribution in [3.63, 3.8) is 0 Å². The number of rotatable bonds is 5. The van der Waals surface area contributed by atoms with Crippen LogP contribution in [0.2, 0.25) is 0 Å².